The van der Waals surface area contributed by atoms with Crippen LogP contribution in [0.5, 0.6) is 5.75 Å². The molecule has 2 aromatic heterocycles. The van der Waals surface area contributed by atoms with Gasteiger partial charge in [-0.05, 0) is 67.1 Å². The predicted molar refractivity (Wildman–Crippen MR) is 172 cm³/mol. The Morgan fingerprint density at radius 2 is 1.76 bits per heavy atom. The van der Waals surface area contributed by atoms with E-state index < -0.39 is 18.0 Å². The number of aromatic nitrogens is 3. The van der Waals surface area contributed by atoms with Crippen molar-refractivity contribution in [2.45, 2.75) is 19.9 Å². The Bertz CT molecular complexity index is 2180. The first-order valence-corrected chi connectivity index (χ1v) is 15.0. The molecule has 5 aromatic rings. The number of allylic oxidation sites excluding steroid dienone is 1. The van der Waals surface area contributed by atoms with E-state index in [2.05, 4.69) is 11.6 Å². The highest BCUT2D eigenvalue weighted by molar-refractivity contribution is 7.07. The molecular formula is C35H27FN4O5S. The normalized spacial score (nSPS) is 14.4. The summed E-state index contributed by atoms with van der Waals surface area (Å²) in [7, 11) is 0. The Morgan fingerprint density at radius 3 is 2.43 bits per heavy atom. The van der Waals surface area contributed by atoms with Crippen LogP contribution in [0.3, 0.4) is 0 Å². The van der Waals surface area contributed by atoms with E-state index in [-0.39, 0.29) is 23.6 Å². The molecule has 0 aliphatic carbocycles. The van der Waals surface area contributed by atoms with Crippen molar-refractivity contribution >= 4 is 29.4 Å². The van der Waals surface area contributed by atoms with E-state index >= 15 is 0 Å². The van der Waals surface area contributed by atoms with Gasteiger partial charge in [-0.3, -0.25) is 14.2 Å². The smallest absolute Gasteiger partial charge is 0.338 e. The number of thiazole rings is 1. The number of para-hydroxylation sites is 1. The molecule has 1 atom stereocenters. The minimum atomic E-state index is -0.870. The van der Waals surface area contributed by atoms with Gasteiger partial charge in [0.2, 0.25) is 0 Å². The minimum absolute atomic E-state index is 0.0181. The maximum atomic E-state index is 14.2. The minimum Gasteiger partial charge on any atom is -0.458 e. The second kappa shape index (κ2) is 12.7. The van der Waals surface area contributed by atoms with Crippen molar-refractivity contribution < 1.29 is 23.5 Å². The van der Waals surface area contributed by atoms with E-state index in [1.807, 2.05) is 30.3 Å². The summed E-state index contributed by atoms with van der Waals surface area (Å²) in [6.07, 6.45) is 4.99. The lowest BCUT2D eigenvalue weighted by Gasteiger charge is -2.24. The van der Waals surface area contributed by atoms with E-state index in [1.165, 1.54) is 41.0 Å². The summed E-state index contributed by atoms with van der Waals surface area (Å²) in [5.74, 6) is -1.16. The van der Waals surface area contributed by atoms with Crippen LogP contribution in [-0.2, 0) is 14.3 Å². The second-order valence-electron chi connectivity index (χ2n) is 10.4. The summed E-state index contributed by atoms with van der Waals surface area (Å²) in [5, 5.41) is 4.78. The van der Waals surface area contributed by atoms with Crippen molar-refractivity contribution in [3.05, 3.63) is 146 Å². The van der Waals surface area contributed by atoms with Crippen molar-refractivity contribution in [2.75, 3.05) is 6.61 Å². The largest absolute Gasteiger partial charge is 0.458 e. The number of ether oxygens (including phenoxy) is 2. The fourth-order valence-electron chi connectivity index (χ4n) is 5.17. The number of carbonyl (C=O) groups excluding carboxylic acids is 2. The molecule has 3 heterocycles. The van der Waals surface area contributed by atoms with Crippen LogP contribution < -0.4 is 19.6 Å². The molecule has 46 heavy (non-hydrogen) atoms. The molecule has 0 radical (unpaired) electrons. The summed E-state index contributed by atoms with van der Waals surface area (Å²) in [4.78, 5) is 44.1. The van der Waals surface area contributed by atoms with E-state index in [9.17, 15) is 18.8 Å². The predicted octanol–water partition coefficient (Wildman–Crippen LogP) is 4.88. The molecular weight excluding hydrogens is 607 g/mol. The Kier molecular flexibility index (Phi) is 8.41. The molecule has 0 saturated heterocycles. The second-order valence-corrected chi connectivity index (χ2v) is 11.4. The third kappa shape index (κ3) is 6.00. The molecule has 1 unspecified atom stereocenters. The topological polar surface area (TPSA) is 105 Å². The number of halogens is 1. The third-order valence-electron chi connectivity index (χ3n) is 7.20. The van der Waals surface area contributed by atoms with Crippen molar-refractivity contribution in [1.29, 1.82) is 0 Å². The van der Waals surface area contributed by atoms with Crippen LogP contribution in [0.1, 0.15) is 31.0 Å². The number of nitrogens with zero attached hydrogens (tertiary/aromatic N) is 4. The first kappa shape index (κ1) is 30.4. The van der Waals surface area contributed by atoms with Crippen LogP contribution >= 0.6 is 11.3 Å². The van der Waals surface area contributed by atoms with Crippen molar-refractivity contribution in [3.8, 4) is 22.7 Å². The van der Waals surface area contributed by atoms with Crippen LogP contribution in [0.4, 0.5) is 4.39 Å². The van der Waals surface area contributed by atoms with Crippen LogP contribution in [0.2, 0.25) is 0 Å². The maximum Gasteiger partial charge on any atom is 0.338 e. The Balaban J connectivity index is 1.53. The van der Waals surface area contributed by atoms with Crippen molar-refractivity contribution in [3.63, 3.8) is 0 Å². The zero-order valence-corrected chi connectivity index (χ0v) is 25.7. The van der Waals surface area contributed by atoms with Gasteiger partial charge in [0.05, 0.1) is 27.5 Å². The molecule has 1 aliphatic rings. The first-order valence-electron chi connectivity index (χ1n) is 14.2. The highest BCUT2D eigenvalue weighted by Gasteiger charge is 2.33. The molecule has 0 saturated carbocycles. The Morgan fingerprint density at radius 1 is 1.04 bits per heavy atom. The van der Waals surface area contributed by atoms with Gasteiger partial charge < -0.3 is 9.47 Å². The van der Waals surface area contributed by atoms with Gasteiger partial charge in [-0.2, -0.15) is 5.10 Å². The van der Waals surface area contributed by atoms with E-state index in [0.717, 1.165) is 5.69 Å². The van der Waals surface area contributed by atoms with Crippen LogP contribution in [0.15, 0.2) is 119 Å². The summed E-state index contributed by atoms with van der Waals surface area (Å²) in [6.45, 7) is 6.59. The monoisotopic (exact) mass is 634 g/mol. The average Bonchev–Trinajstić information content (AvgIpc) is 3.60. The molecule has 11 heteroatoms. The Hall–Kier alpha value is -5.68. The third-order valence-corrected chi connectivity index (χ3v) is 8.18. The fraction of sp³-hybridized carbons (Fsp3) is 0.114. The maximum absolute atomic E-state index is 14.2. The summed E-state index contributed by atoms with van der Waals surface area (Å²) in [5.41, 5.74) is 3.47. The fourth-order valence-corrected chi connectivity index (χ4v) is 6.21. The van der Waals surface area contributed by atoms with Crippen LogP contribution in [-0.4, -0.2) is 32.9 Å². The summed E-state index contributed by atoms with van der Waals surface area (Å²) >= 11 is 1.17. The number of hydrogen-bond acceptors (Lipinski definition) is 8. The molecule has 9 nitrogen and oxygen atoms in total. The van der Waals surface area contributed by atoms with Gasteiger partial charge in [-0.25, -0.2) is 18.9 Å². The quantitative estimate of drug-likeness (QED) is 0.137. The lowest BCUT2D eigenvalue weighted by molar-refractivity contribution is -0.138. The zero-order chi connectivity index (χ0) is 32.4. The molecule has 1 aliphatic heterocycles. The molecule has 0 amide bonds. The molecule has 230 valence electrons. The van der Waals surface area contributed by atoms with Crippen LogP contribution in [0, 0.1) is 5.82 Å². The number of esters is 2. The molecule has 0 fully saturated rings. The van der Waals surface area contributed by atoms with Gasteiger partial charge in [-0.15, -0.1) is 0 Å². The summed E-state index contributed by atoms with van der Waals surface area (Å²) < 4.78 is 27.9. The zero-order valence-electron chi connectivity index (χ0n) is 24.8. The number of carbonyl (C=O) groups is 2. The van der Waals surface area contributed by atoms with Gasteiger partial charge >= 0.3 is 11.9 Å². The molecule has 0 N–H and O–H groups in total. The molecule has 0 bridgehead atoms. The van der Waals surface area contributed by atoms with Gasteiger partial charge in [0.25, 0.3) is 5.56 Å². The Labute approximate surface area is 266 Å². The first-order chi connectivity index (χ1) is 22.2. The number of benzene rings is 3. The molecule has 6 rings (SSSR count). The number of fused-ring (bicyclic) bond motifs is 1. The SMILES string of the molecule is C=CCOC(=O)C1=C(C)N=c2s/c(=C/c3cn(-c4ccccc4)nc3-c3ccc(F)cc3)c(=O)n2C1c1ccc(OC(C)=O)cc1. The number of rotatable bonds is 8. The van der Waals surface area contributed by atoms with Gasteiger partial charge in [0.15, 0.2) is 4.80 Å². The lowest BCUT2D eigenvalue weighted by atomic mass is 9.96. The van der Waals surface area contributed by atoms with Crippen molar-refractivity contribution in [2.24, 2.45) is 4.99 Å². The number of hydrogen-bond donors (Lipinski definition) is 0. The van der Waals surface area contributed by atoms with Gasteiger partial charge in [-0.1, -0.05) is 54.3 Å². The van der Waals surface area contributed by atoms with E-state index in [0.29, 0.717) is 43.2 Å². The summed E-state index contributed by atoms with van der Waals surface area (Å²) in [6, 6.07) is 21.2. The van der Waals surface area contributed by atoms with Gasteiger partial charge in [0, 0.05) is 24.2 Å². The highest BCUT2D eigenvalue weighted by Crippen LogP contribution is 2.32. The molecule has 3 aromatic carbocycles. The standard InChI is InChI=1S/C35H27FN4O5S/c1-4-18-44-34(43)30-21(2)37-35-40(32(30)24-12-16-28(17-13-24)45-22(3)41)33(42)29(46-35)19-25-20-39(27-8-6-5-7-9-27)38-31(25)23-10-14-26(36)15-11-23/h4-17,19-20,32H,1,18H2,2-3H3/b29-19+. The average molecular weight is 635 g/mol. The highest BCUT2D eigenvalue weighted by atomic mass is 32.1. The van der Waals surface area contributed by atoms with E-state index in [1.54, 1.807) is 60.3 Å². The lowest BCUT2D eigenvalue weighted by Crippen LogP contribution is -2.39. The van der Waals surface area contributed by atoms with Crippen molar-refractivity contribution in [1.82, 2.24) is 14.3 Å². The van der Waals surface area contributed by atoms with E-state index in [4.69, 9.17) is 14.6 Å². The molecule has 0 spiro atoms. The van der Waals surface area contributed by atoms with Gasteiger partial charge in [0.1, 0.15) is 23.9 Å². The van der Waals surface area contributed by atoms with Crippen LogP contribution in [0.25, 0.3) is 23.0 Å².